The number of benzene rings is 1. The van der Waals surface area contributed by atoms with E-state index in [4.69, 9.17) is 27.5 Å². The lowest BCUT2D eigenvalue weighted by Crippen LogP contribution is -2.28. The first-order valence-corrected chi connectivity index (χ1v) is 8.36. The number of nitrogens with zero attached hydrogens (tertiary/aromatic N) is 1. The summed E-state index contributed by atoms with van der Waals surface area (Å²) in [4.78, 5) is 36.4. The second-order valence-electron chi connectivity index (χ2n) is 4.87. The Kier molecular flexibility index (Phi) is 6.55. The van der Waals surface area contributed by atoms with Crippen LogP contribution in [0.2, 0.25) is 5.02 Å². The average molecular weight is 396 g/mol. The van der Waals surface area contributed by atoms with Crippen LogP contribution in [0.1, 0.15) is 5.56 Å². The van der Waals surface area contributed by atoms with Crippen LogP contribution in [0.15, 0.2) is 17.0 Å². The first kappa shape index (κ1) is 19.7. The Labute approximate surface area is 159 Å². The fourth-order valence-electron chi connectivity index (χ4n) is 2.03. The van der Waals surface area contributed by atoms with Gasteiger partial charge in [-0.15, -0.1) is 6.42 Å². The van der Waals surface area contributed by atoms with Crippen molar-refractivity contribution in [3.8, 4) is 23.8 Å². The molecule has 0 spiro atoms. The van der Waals surface area contributed by atoms with Crippen LogP contribution in [0.3, 0.4) is 0 Å². The maximum Gasteiger partial charge on any atom is 0.343 e. The van der Waals surface area contributed by atoms with E-state index in [9.17, 15) is 14.4 Å². The van der Waals surface area contributed by atoms with Crippen molar-refractivity contribution in [3.63, 3.8) is 0 Å². The third-order valence-corrected chi connectivity index (χ3v) is 4.42. The molecule has 0 unspecified atom stereocenters. The third-order valence-electron chi connectivity index (χ3n) is 3.23. The van der Waals surface area contributed by atoms with Crippen molar-refractivity contribution >= 4 is 46.6 Å². The number of hydrogen-bond donors (Lipinski definition) is 0. The van der Waals surface area contributed by atoms with E-state index in [2.05, 4.69) is 10.7 Å². The Morgan fingerprint density at radius 3 is 2.73 bits per heavy atom. The molecule has 0 bridgehead atoms. The fourth-order valence-corrected chi connectivity index (χ4v) is 3.14. The minimum Gasteiger partial charge on any atom is -0.493 e. The molecule has 0 aromatic heterocycles. The van der Waals surface area contributed by atoms with E-state index >= 15 is 0 Å². The highest BCUT2D eigenvalue weighted by Gasteiger charge is 2.34. The molecule has 0 radical (unpaired) electrons. The van der Waals surface area contributed by atoms with E-state index in [0.717, 1.165) is 16.7 Å². The van der Waals surface area contributed by atoms with E-state index in [1.54, 1.807) is 6.07 Å². The second kappa shape index (κ2) is 8.65. The van der Waals surface area contributed by atoms with Gasteiger partial charge in [-0.3, -0.25) is 14.5 Å². The Morgan fingerprint density at radius 2 is 2.12 bits per heavy atom. The molecular formula is C17H14ClNO6S. The maximum atomic E-state index is 12.2. The van der Waals surface area contributed by atoms with E-state index in [1.807, 2.05) is 0 Å². The van der Waals surface area contributed by atoms with Crippen LogP contribution in [-0.4, -0.2) is 49.4 Å². The summed E-state index contributed by atoms with van der Waals surface area (Å²) in [5, 5.41) is -0.266. The molecule has 2 amide bonds. The molecule has 9 heteroatoms. The van der Waals surface area contributed by atoms with Crippen LogP contribution in [0.4, 0.5) is 4.79 Å². The van der Waals surface area contributed by atoms with Gasteiger partial charge in [0.15, 0.2) is 18.1 Å². The molecular weight excluding hydrogens is 382 g/mol. The van der Waals surface area contributed by atoms with Gasteiger partial charge in [0.1, 0.15) is 0 Å². The zero-order chi connectivity index (χ0) is 19.3. The number of thioether (sulfide) groups is 1. The standard InChI is InChI=1S/C17H14ClNO6S/c1-4-5-19-16(21)13(26-17(19)22)8-10-6-11(18)15(12(7-10)23-2)25-9-14(20)24-3/h1,6-8H,5,9H2,2-3H3/b13-8+. The number of ether oxygens (including phenoxy) is 3. The number of carbonyl (C=O) groups is 3. The highest BCUT2D eigenvalue weighted by Crippen LogP contribution is 2.38. The third kappa shape index (κ3) is 4.31. The van der Waals surface area contributed by atoms with Gasteiger partial charge in [0.05, 0.1) is 30.7 Å². The monoisotopic (exact) mass is 395 g/mol. The molecule has 1 aliphatic rings. The number of amides is 2. The average Bonchev–Trinajstić information content (AvgIpc) is 2.87. The van der Waals surface area contributed by atoms with Gasteiger partial charge in [-0.1, -0.05) is 17.5 Å². The van der Waals surface area contributed by atoms with E-state index in [0.29, 0.717) is 5.56 Å². The quantitative estimate of drug-likeness (QED) is 0.416. The van der Waals surface area contributed by atoms with Gasteiger partial charge in [-0.25, -0.2) is 4.79 Å². The molecule has 1 heterocycles. The number of rotatable bonds is 6. The largest absolute Gasteiger partial charge is 0.493 e. The zero-order valence-electron chi connectivity index (χ0n) is 13.9. The predicted octanol–water partition coefficient (Wildman–Crippen LogP) is 2.57. The SMILES string of the molecule is C#CCN1C(=O)S/C(=C/c2cc(Cl)c(OCC(=O)OC)c(OC)c2)C1=O. The van der Waals surface area contributed by atoms with Crippen molar-refractivity contribution in [3.05, 3.63) is 27.6 Å². The predicted molar refractivity (Wildman–Crippen MR) is 97.0 cm³/mol. The van der Waals surface area contributed by atoms with Crippen LogP contribution in [0.25, 0.3) is 6.08 Å². The molecule has 0 aliphatic carbocycles. The first-order valence-electron chi connectivity index (χ1n) is 7.17. The summed E-state index contributed by atoms with van der Waals surface area (Å²) in [7, 11) is 2.64. The van der Waals surface area contributed by atoms with Crippen molar-refractivity contribution in [1.82, 2.24) is 4.90 Å². The number of hydrogen-bond acceptors (Lipinski definition) is 7. The van der Waals surface area contributed by atoms with E-state index in [1.165, 1.54) is 26.4 Å². The van der Waals surface area contributed by atoms with Crippen molar-refractivity contribution < 1.29 is 28.6 Å². The molecule has 0 atom stereocenters. The summed E-state index contributed by atoms with van der Waals surface area (Å²) in [6.45, 7) is -0.427. The van der Waals surface area contributed by atoms with Crippen LogP contribution < -0.4 is 9.47 Å². The van der Waals surface area contributed by atoms with Crippen molar-refractivity contribution in [2.45, 2.75) is 0 Å². The van der Waals surface area contributed by atoms with Crippen molar-refractivity contribution in [2.75, 3.05) is 27.4 Å². The Balaban J connectivity index is 2.30. The molecule has 7 nitrogen and oxygen atoms in total. The summed E-state index contributed by atoms with van der Waals surface area (Å²) in [5.74, 6) is 1.64. The summed E-state index contributed by atoms with van der Waals surface area (Å²) < 4.78 is 15.0. The molecule has 2 rings (SSSR count). The minimum atomic E-state index is -0.575. The number of methoxy groups -OCH3 is 2. The lowest BCUT2D eigenvalue weighted by Gasteiger charge is -2.12. The summed E-state index contributed by atoms with van der Waals surface area (Å²) in [6, 6.07) is 3.08. The Bertz CT molecular complexity index is 829. The second-order valence-corrected chi connectivity index (χ2v) is 6.27. The number of terminal acetylenes is 1. The van der Waals surface area contributed by atoms with Gasteiger partial charge in [-0.05, 0) is 35.5 Å². The number of halogens is 1. The lowest BCUT2D eigenvalue weighted by molar-refractivity contribution is -0.142. The number of imide groups is 1. The first-order chi connectivity index (χ1) is 12.4. The topological polar surface area (TPSA) is 82.1 Å². The van der Waals surface area contributed by atoms with E-state index in [-0.39, 0.29) is 34.6 Å². The van der Waals surface area contributed by atoms with Crippen molar-refractivity contribution in [1.29, 1.82) is 0 Å². The summed E-state index contributed by atoms with van der Waals surface area (Å²) >= 11 is 6.97. The van der Waals surface area contributed by atoms with Gasteiger partial charge in [0.2, 0.25) is 0 Å². The normalized spacial score (nSPS) is 15.2. The molecule has 26 heavy (non-hydrogen) atoms. The Hall–Kier alpha value is -2.63. The number of carbonyl (C=O) groups excluding carboxylic acids is 3. The van der Waals surface area contributed by atoms with Gasteiger partial charge in [0, 0.05) is 0 Å². The van der Waals surface area contributed by atoms with E-state index < -0.39 is 17.1 Å². The summed E-state index contributed by atoms with van der Waals surface area (Å²) in [5.41, 5.74) is 0.517. The molecule has 1 aromatic rings. The maximum absolute atomic E-state index is 12.2. The minimum absolute atomic E-state index is 0.0909. The highest BCUT2D eigenvalue weighted by molar-refractivity contribution is 8.18. The van der Waals surface area contributed by atoms with Crippen LogP contribution in [-0.2, 0) is 14.3 Å². The summed E-state index contributed by atoms with van der Waals surface area (Å²) in [6.07, 6.45) is 6.66. The molecule has 1 fully saturated rings. The molecule has 0 saturated carbocycles. The van der Waals surface area contributed by atoms with Gasteiger partial charge in [0.25, 0.3) is 11.1 Å². The van der Waals surface area contributed by atoms with Crippen LogP contribution in [0.5, 0.6) is 11.5 Å². The lowest BCUT2D eigenvalue weighted by atomic mass is 10.1. The fraction of sp³-hybridized carbons (Fsp3) is 0.235. The van der Waals surface area contributed by atoms with Crippen molar-refractivity contribution in [2.24, 2.45) is 0 Å². The van der Waals surface area contributed by atoms with Gasteiger partial charge < -0.3 is 14.2 Å². The molecule has 1 saturated heterocycles. The molecule has 1 aromatic carbocycles. The van der Waals surface area contributed by atoms with Crippen LogP contribution >= 0.6 is 23.4 Å². The Morgan fingerprint density at radius 1 is 1.38 bits per heavy atom. The number of esters is 1. The highest BCUT2D eigenvalue weighted by atomic mass is 35.5. The smallest absolute Gasteiger partial charge is 0.343 e. The van der Waals surface area contributed by atoms with Gasteiger partial charge >= 0.3 is 5.97 Å². The molecule has 136 valence electrons. The van der Waals surface area contributed by atoms with Crippen LogP contribution in [0, 0.1) is 12.3 Å². The zero-order valence-corrected chi connectivity index (χ0v) is 15.5. The van der Waals surface area contributed by atoms with Gasteiger partial charge in [-0.2, -0.15) is 0 Å². The molecule has 0 N–H and O–H groups in total. The molecule has 1 aliphatic heterocycles.